The van der Waals surface area contributed by atoms with Crippen LogP contribution in [0.4, 0.5) is 0 Å². The second kappa shape index (κ2) is 8.93. The molecule has 1 aliphatic rings. The van der Waals surface area contributed by atoms with Crippen LogP contribution in [0.15, 0.2) is 0 Å². The molecule has 0 aromatic carbocycles. The Kier molecular flexibility index (Phi) is 7.87. The molecule has 0 radical (unpaired) electrons. The fraction of sp³-hybridized carbons (Fsp3) is 1.00. The van der Waals surface area contributed by atoms with Gasteiger partial charge in [0.05, 0.1) is 0 Å². The van der Waals surface area contributed by atoms with Crippen LogP contribution in [0.5, 0.6) is 0 Å². The highest BCUT2D eigenvalue weighted by Gasteiger charge is 2.22. The van der Waals surface area contributed by atoms with Gasteiger partial charge in [0.2, 0.25) is 0 Å². The summed E-state index contributed by atoms with van der Waals surface area (Å²) in [5.74, 6) is 5.54. The zero-order valence-electron chi connectivity index (χ0n) is 11.8. The number of nitrogens with two attached hydrogens (primary N) is 1. The predicted molar refractivity (Wildman–Crippen MR) is 75.7 cm³/mol. The van der Waals surface area contributed by atoms with Crippen LogP contribution in [0.2, 0.25) is 0 Å². The van der Waals surface area contributed by atoms with Gasteiger partial charge in [0.25, 0.3) is 0 Å². The van der Waals surface area contributed by atoms with Gasteiger partial charge in [-0.15, -0.1) is 0 Å². The molecule has 0 amide bonds. The van der Waals surface area contributed by atoms with Crippen molar-refractivity contribution < 1.29 is 0 Å². The minimum absolute atomic E-state index is 0.433. The summed E-state index contributed by atoms with van der Waals surface area (Å²) in [5.41, 5.74) is 3.34. The van der Waals surface area contributed by atoms with Gasteiger partial charge in [-0.05, 0) is 18.3 Å². The van der Waals surface area contributed by atoms with Crippen LogP contribution in [-0.2, 0) is 0 Å². The van der Waals surface area contributed by atoms with E-state index in [2.05, 4.69) is 12.3 Å². The van der Waals surface area contributed by atoms with Gasteiger partial charge in [0.1, 0.15) is 0 Å². The lowest BCUT2D eigenvalue weighted by Gasteiger charge is -2.29. The van der Waals surface area contributed by atoms with E-state index >= 15 is 0 Å². The first kappa shape index (κ1) is 15.0. The van der Waals surface area contributed by atoms with Crippen molar-refractivity contribution in [3.8, 4) is 0 Å². The molecular formula is C15H32N2. The largest absolute Gasteiger partial charge is 0.271 e. The minimum Gasteiger partial charge on any atom is -0.271 e. The Hall–Kier alpha value is -0.0800. The highest BCUT2D eigenvalue weighted by atomic mass is 15.2. The Morgan fingerprint density at radius 3 is 1.47 bits per heavy atom. The average Bonchev–Trinajstić information content (AvgIpc) is 2.32. The number of hydrogen-bond acceptors (Lipinski definition) is 2. The van der Waals surface area contributed by atoms with Crippen molar-refractivity contribution in [1.82, 2.24) is 5.43 Å². The van der Waals surface area contributed by atoms with E-state index in [1.807, 2.05) is 0 Å². The average molecular weight is 240 g/mol. The van der Waals surface area contributed by atoms with E-state index in [9.17, 15) is 0 Å². The Morgan fingerprint density at radius 2 is 1.12 bits per heavy atom. The molecule has 2 heteroatoms. The molecule has 0 heterocycles. The van der Waals surface area contributed by atoms with E-state index in [0.29, 0.717) is 5.41 Å². The number of hydrazine groups is 1. The highest BCUT2D eigenvalue weighted by Crippen LogP contribution is 2.31. The van der Waals surface area contributed by atoms with Crippen molar-refractivity contribution in [2.45, 2.75) is 84.0 Å². The molecule has 1 saturated carbocycles. The molecule has 0 atom stereocenters. The van der Waals surface area contributed by atoms with Crippen molar-refractivity contribution in [3.05, 3.63) is 0 Å². The molecule has 17 heavy (non-hydrogen) atoms. The fourth-order valence-corrected chi connectivity index (χ4v) is 3.07. The summed E-state index contributed by atoms with van der Waals surface area (Å²) in [6.07, 6.45) is 17.0. The van der Waals surface area contributed by atoms with Gasteiger partial charge in [0, 0.05) is 6.54 Å². The molecule has 1 rings (SSSR count). The number of rotatable bonds is 2. The number of hydrogen-bond donors (Lipinski definition) is 2. The van der Waals surface area contributed by atoms with Crippen LogP contribution in [0.1, 0.15) is 84.0 Å². The molecule has 3 N–H and O–H groups in total. The zero-order chi connectivity index (χ0) is 12.4. The van der Waals surface area contributed by atoms with Gasteiger partial charge in [-0.1, -0.05) is 71.1 Å². The molecule has 0 aromatic heterocycles. The Balaban J connectivity index is 2.35. The molecule has 1 fully saturated rings. The van der Waals surface area contributed by atoms with Crippen molar-refractivity contribution in [3.63, 3.8) is 0 Å². The Morgan fingerprint density at radius 1 is 0.765 bits per heavy atom. The SMILES string of the molecule is CC1(CNN)CCCCCCCCCCCC1. The lowest BCUT2D eigenvalue weighted by atomic mass is 9.80. The van der Waals surface area contributed by atoms with Gasteiger partial charge >= 0.3 is 0 Å². The second-order valence-corrected chi connectivity index (χ2v) is 6.23. The van der Waals surface area contributed by atoms with Crippen LogP contribution in [0.25, 0.3) is 0 Å². The topological polar surface area (TPSA) is 38.0 Å². The monoisotopic (exact) mass is 240 g/mol. The van der Waals surface area contributed by atoms with Crippen LogP contribution < -0.4 is 11.3 Å². The van der Waals surface area contributed by atoms with Gasteiger partial charge in [-0.2, -0.15) is 0 Å². The first-order chi connectivity index (χ1) is 8.27. The lowest BCUT2D eigenvalue weighted by Crippen LogP contribution is -2.36. The Bertz CT molecular complexity index is 166. The summed E-state index contributed by atoms with van der Waals surface area (Å²) in [6.45, 7) is 3.39. The predicted octanol–water partition coefficient (Wildman–Crippen LogP) is 4.15. The van der Waals surface area contributed by atoms with E-state index < -0.39 is 0 Å². The third-order valence-corrected chi connectivity index (χ3v) is 4.34. The molecule has 2 nitrogen and oxygen atoms in total. The first-order valence-electron chi connectivity index (χ1n) is 7.70. The van der Waals surface area contributed by atoms with Crippen LogP contribution in [0, 0.1) is 5.41 Å². The standard InChI is InChI=1S/C15H32N2/c1-15(14-17-16)12-10-8-6-4-2-3-5-7-9-11-13-15/h17H,2-14,16H2,1H3. The zero-order valence-corrected chi connectivity index (χ0v) is 11.8. The van der Waals surface area contributed by atoms with Gasteiger partial charge < -0.3 is 0 Å². The van der Waals surface area contributed by atoms with Crippen molar-refractivity contribution in [2.24, 2.45) is 11.3 Å². The number of nitrogens with one attached hydrogen (secondary N) is 1. The van der Waals surface area contributed by atoms with Crippen LogP contribution in [0.3, 0.4) is 0 Å². The summed E-state index contributed by atoms with van der Waals surface area (Å²) in [6, 6.07) is 0. The molecule has 0 bridgehead atoms. The van der Waals surface area contributed by atoms with Crippen molar-refractivity contribution in [1.29, 1.82) is 0 Å². The van der Waals surface area contributed by atoms with Crippen LogP contribution in [-0.4, -0.2) is 6.54 Å². The van der Waals surface area contributed by atoms with Crippen molar-refractivity contribution >= 4 is 0 Å². The summed E-state index contributed by atoms with van der Waals surface area (Å²) in [4.78, 5) is 0. The van der Waals surface area contributed by atoms with Gasteiger partial charge in [0.15, 0.2) is 0 Å². The molecular weight excluding hydrogens is 208 g/mol. The van der Waals surface area contributed by atoms with E-state index in [0.717, 1.165) is 6.54 Å². The molecule has 0 spiro atoms. The van der Waals surface area contributed by atoms with E-state index in [1.165, 1.54) is 77.0 Å². The van der Waals surface area contributed by atoms with E-state index in [1.54, 1.807) is 0 Å². The summed E-state index contributed by atoms with van der Waals surface area (Å²) in [5, 5.41) is 0. The van der Waals surface area contributed by atoms with E-state index in [4.69, 9.17) is 5.84 Å². The minimum atomic E-state index is 0.433. The summed E-state index contributed by atoms with van der Waals surface area (Å²) >= 11 is 0. The van der Waals surface area contributed by atoms with Gasteiger partial charge in [-0.25, -0.2) is 0 Å². The van der Waals surface area contributed by atoms with E-state index in [-0.39, 0.29) is 0 Å². The fourth-order valence-electron chi connectivity index (χ4n) is 3.07. The highest BCUT2D eigenvalue weighted by molar-refractivity contribution is 4.76. The lowest BCUT2D eigenvalue weighted by molar-refractivity contribution is 0.241. The maximum Gasteiger partial charge on any atom is 0.0151 e. The summed E-state index contributed by atoms with van der Waals surface area (Å²) < 4.78 is 0. The molecule has 1 aliphatic carbocycles. The smallest absolute Gasteiger partial charge is 0.0151 e. The molecule has 0 aliphatic heterocycles. The molecule has 0 aromatic rings. The van der Waals surface area contributed by atoms with Gasteiger partial charge in [-0.3, -0.25) is 11.3 Å². The first-order valence-corrected chi connectivity index (χ1v) is 7.70. The van der Waals surface area contributed by atoms with Crippen molar-refractivity contribution in [2.75, 3.05) is 6.54 Å². The second-order valence-electron chi connectivity index (χ2n) is 6.23. The molecule has 0 saturated heterocycles. The Labute approximate surface area is 108 Å². The third-order valence-electron chi connectivity index (χ3n) is 4.34. The third kappa shape index (κ3) is 7.05. The maximum atomic E-state index is 5.54. The normalized spacial score (nSPS) is 24.4. The maximum absolute atomic E-state index is 5.54. The molecule has 102 valence electrons. The van der Waals surface area contributed by atoms with Crippen LogP contribution >= 0.6 is 0 Å². The quantitative estimate of drug-likeness (QED) is 0.562. The molecule has 0 unspecified atom stereocenters. The summed E-state index contributed by atoms with van der Waals surface area (Å²) in [7, 11) is 0.